The Morgan fingerprint density at radius 2 is 2.20 bits per heavy atom. The second kappa shape index (κ2) is 5.33. The molecule has 0 saturated carbocycles. The van der Waals surface area contributed by atoms with Gasteiger partial charge in [0.1, 0.15) is 0 Å². The molecule has 0 radical (unpaired) electrons. The first-order valence-electron chi connectivity index (χ1n) is 6.90. The van der Waals surface area contributed by atoms with Gasteiger partial charge in [-0.1, -0.05) is 6.07 Å². The van der Waals surface area contributed by atoms with Crippen LogP contribution < -0.4 is 5.32 Å². The summed E-state index contributed by atoms with van der Waals surface area (Å²) in [5.41, 5.74) is 3.31. The Morgan fingerprint density at radius 1 is 1.30 bits per heavy atom. The molecule has 20 heavy (non-hydrogen) atoms. The topological polar surface area (TPSA) is 42.7 Å². The molecule has 0 fully saturated rings. The monoisotopic (exact) mass is 266 g/mol. The van der Waals surface area contributed by atoms with Gasteiger partial charge < -0.3 is 5.32 Å². The van der Waals surface area contributed by atoms with E-state index >= 15 is 0 Å². The Morgan fingerprint density at radius 3 is 3.00 bits per heavy atom. The normalized spacial score (nSPS) is 12.5. The third-order valence-corrected chi connectivity index (χ3v) is 3.46. The molecule has 0 saturated heterocycles. The van der Waals surface area contributed by atoms with Crippen molar-refractivity contribution in [3.05, 3.63) is 54.5 Å². The highest BCUT2D eigenvalue weighted by Crippen LogP contribution is 2.22. The molecule has 102 valence electrons. The van der Waals surface area contributed by atoms with Crippen molar-refractivity contribution in [2.75, 3.05) is 5.32 Å². The first-order valence-corrected chi connectivity index (χ1v) is 6.90. The second-order valence-corrected chi connectivity index (χ2v) is 4.91. The van der Waals surface area contributed by atoms with Crippen LogP contribution in [0.2, 0.25) is 0 Å². The number of benzene rings is 1. The highest BCUT2D eigenvalue weighted by Gasteiger charge is 2.08. The first-order chi connectivity index (χ1) is 9.76. The van der Waals surface area contributed by atoms with E-state index in [0.29, 0.717) is 0 Å². The van der Waals surface area contributed by atoms with Crippen molar-refractivity contribution < 1.29 is 0 Å². The van der Waals surface area contributed by atoms with Gasteiger partial charge in [-0.25, -0.2) is 0 Å². The molecule has 2 aromatic heterocycles. The van der Waals surface area contributed by atoms with E-state index in [2.05, 4.69) is 53.6 Å². The highest BCUT2D eigenvalue weighted by molar-refractivity contribution is 5.82. The largest absolute Gasteiger partial charge is 0.378 e. The number of hydrogen-bond acceptors (Lipinski definition) is 3. The summed E-state index contributed by atoms with van der Waals surface area (Å²) < 4.78 is 1.94. The van der Waals surface area contributed by atoms with Crippen LogP contribution in [0.5, 0.6) is 0 Å². The third-order valence-electron chi connectivity index (χ3n) is 3.46. The Kier molecular flexibility index (Phi) is 3.37. The predicted octanol–water partition coefficient (Wildman–Crippen LogP) is 3.62. The number of rotatable bonds is 4. The molecule has 1 unspecified atom stereocenters. The molecule has 0 aliphatic carbocycles. The Balaban J connectivity index is 1.81. The average Bonchev–Trinajstić information content (AvgIpc) is 2.96. The quantitative estimate of drug-likeness (QED) is 0.784. The number of hydrogen-bond donors (Lipinski definition) is 1. The minimum absolute atomic E-state index is 0.226. The molecular weight excluding hydrogens is 248 g/mol. The molecule has 0 aliphatic rings. The van der Waals surface area contributed by atoms with E-state index in [-0.39, 0.29) is 6.04 Å². The Hall–Kier alpha value is -2.36. The zero-order valence-corrected chi connectivity index (χ0v) is 11.7. The highest BCUT2D eigenvalue weighted by atomic mass is 15.3. The van der Waals surface area contributed by atoms with Crippen LogP contribution in [-0.2, 0) is 6.54 Å². The van der Waals surface area contributed by atoms with Crippen molar-refractivity contribution in [3.63, 3.8) is 0 Å². The maximum absolute atomic E-state index is 4.33. The molecule has 1 atom stereocenters. The SMILES string of the molecule is CCn1cc(C(C)Nc2ccc3ncccc3c2)cn1. The molecule has 0 amide bonds. The number of aromatic nitrogens is 3. The molecule has 0 bridgehead atoms. The van der Waals surface area contributed by atoms with Crippen LogP contribution in [0.15, 0.2) is 48.9 Å². The molecule has 4 nitrogen and oxygen atoms in total. The van der Waals surface area contributed by atoms with Gasteiger partial charge in [-0.3, -0.25) is 9.67 Å². The Labute approximate surface area is 118 Å². The Bertz CT molecular complexity index is 717. The molecule has 0 spiro atoms. The summed E-state index contributed by atoms with van der Waals surface area (Å²) >= 11 is 0. The van der Waals surface area contributed by atoms with Crippen molar-refractivity contribution in [2.45, 2.75) is 26.4 Å². The van der Waals surface area contributed by atoms with Crippen molar-refractivity contribution in [1.29, 1.82) is 0 Å². The van der Waals surface area contributed by atoms with Crippen molar-refractivity contribution >= 4 is 16.6 Å². The molecule has 3 rings (SSSR count). The lowest BCUT2D eigenvalue weighted by atomic mass is 10.1. The zero-order valence-electron chi connectivity index (χ0n) is 11.7. The summed E-state index contributed by atoms with van der Waals surface area (Å²) in [5, 5.41) is 8.97. The van der Waals surface area contributed by atoms with Gasteiger partial charge >= 0.3 is 0 Å². The second-order valence-electron chi connectivity index (χ2n) is 4.91. The van der Waals surface area contributed by atoms with E-state index in [1.165, 1.54) is 5.56 Å². The summed E-state index contributed by atoms with van der Waals surface area (Å²) in [6.07, 6.45) is 5.82. The van der Waals surface area contributed by atoms with E-state index < -0.39 is 0 Å². The maximum Gasteiger partial charge on any atom is 0.0703 e. The van der Waals surface area contributed by atoms with Crippen LogP contribution >= 0.6 is 0 Å². The molecule has 3 aromatic rings. The van der Waals surface area contributed by atoms with Crippen LogP contribution in [0.4, 0.5) is 5.69 Å². The lowest BCUT2D eigenvalue weighted by molar-refractivity contribution is 0.658. The molecule has 0 aliphatic heterocycles. The summed E-state index contributed by atoms with van der Waals surface area (Å²) in [7, 11) is 0. The average molecular weight is 266 g/mol. The number of aryl methyl sites for hydroxylation is 1. The standard InChI is InChI=1S/C16H18N4/c1-3-20-11-14(10-18-20)12(2)19-15-6-7-16-13(9-15)5-4-8-17-16/h4-12,19H,3H2,1-2H3. The van der Waals surface area contributed by atoms with Gasteiger partial charge in [-0.2, -0.15) is 5.10 Å². The fourth-order valence-electron chi connectivity index (χ4n) is 2.27. The van der Waals surface area contributed by atoms with Gasteiger partial charge in [0.2, 0.25) is 0 Å². The lowest BCUT2D eigenvalue weighted by Crippen LogP contribution is -2.05. The minimum Gasteiger partial charge on any atom is -0.378 e. The lowest BCUT2D eigenvalue weighted by Gasteiger charge is -2.14. The number of nitrogens with zero attached hydrogens (tertiary/aromatic N) is 3. The number of fused-ring (bicyclic) bond motifs is 1. The van der Waals surface area contributed by atoms with E-state index in [1.54, 1.807) is 0 Å². The summed E-state index contributed by atoms with van der Waals surface area (Å²) in [6, 6.07) is 10.5. The van der Waals surface area contributed by atoms with Gasteiger partial charge in [0.15, 0.2) is 0 Å². The van der Waals surface area contributed by atoms with E-state index in [1.807, 2.05) is 29.2 Å². The van der Waals surface area contributed by atoms with E-state index in [9.17, 15) is 0 Å². The molecule has 1 N–H and O–H groups in total. The fourth-order valence-corrected chi connectivity index (χ4v) is 2.27. The minimum atomic E-state index is 0.226. The van der Waals surface area contributed by atoms with Gasteiger partial charge in [-0.15, -0.1) is 0 Å². The first kappa shape index (κ1) is 12.7. The third kappa shape index (κ3) is 2.50. The number of anilines is 1. The predicted molar refractivity (Wildman–Crippen MR) is 81.7 cm³/mol. The maximum atomic E-state index is 4.33. The van der Waals surface area contributed by atoms with Crippen molar-refractivity contribution in [2.24, 2.45) is 0 Å². The molecule has 2 heterocycles. The van der Waals surface area contributed by atoms with Gasteiger partial charge in [-0.05, 0) is 38.1 Å². The smallest absolute Gasteiger partial charge is 0.0703 e. The number of nitrogens with one attached hydrogen (secondary N) is 1. The molecule has 4 heteroatoms. The fraction of sp³-hybridized carbons (Fsp3) is 0.250. The van der Waals surface area contributed by atoms with Gasteiger partial charge in [0, 0.05) is 35.6 Å². The van der Waals surface area contributed by atoms with Crippen LogP contribution in [0, 0.1) is 0 Å². The van der Waals surface area contributed by atoms with Gasteiger partial charge in [0.25, 0.3) is 0 Å². The molecule has 1 aromatic carbocycles. The van der Waals surface area contributed by atoms with Crippen LogP contribution in [-0.4, -0.2) is 14.8 Å². The van der Waals surface area contributed by atoms with Gasteiger partial charge in [0.05, 0.1) is 17.8 Å². The summed E-state index contributed by atoms with van der Waals surface area (Å²) in [6.45, 7) is 5.13. The van der Waals surface area contributed by atoms with Crippen molar-refractivity contribution in [3.8, 4) is 0 Å². The molecular formula is C16H18N4. The van der Waals surface area contributed by atoms with E-state index in [4.69, 9.17) is 0 Å². The van der Waals surface area contributed by atoms with Crippen LogP contribution in [0.1, 0.15) is 25.5 Å². The zero-order chi connectivity index (χ0) is 13.9. The van der Waals surface area contributed by atoms with Crippen molar-refractivity contribution in [1.82, 2.24) is 14.8 Å². The van der Waals surface area contributed by atoms with Crippen LogP contribution in [0.25, 0.3) is 10.9 Å². The number of pyridine rings is 1. The van der Waals surface area contributed by atoms with Crippen LogP contribution in [0.3, 0.4) is 0 Å². The summed E-state index contributed by atoms with van der Waals surface area (Å²) in [5.74, 6) is 0. The van der Waals surface area contributed by atoms with E-state index in [0.717, 1.165) is 23.1 Å². The summed E-state index contributed by atoms with van der Waals surface area (Å²) in [4.78, 5) is 4.33.